The Hall–Kier alpha value is -1.66. The van der Waals surface area contributed by atoms with Crippen molar-refractivity contribution in [3.05, 3.63) is 29.6 Å². The first-order chi connectivity index (χ1) is 9.70. The fraction of sp³-hybridized carbons (Fsp3) is 0.571. The van der Waals surface area contributed by atoms with Gasteiger partial charge in [-0.3, -0.25) is 4.98 Å². The summed E-state index contributed by atoms with van der Waals surface area (Å²) < 4.78 is 0. The molecule has 0 amide bonds. The van der Waals surface area contributed by atoms with Gasteiger partial charge in [-0.2, -0.15) is 0 Å². The monoisotopic (exact) mass is 277 g/mol. The maximum absolute atomic E-state index is 8.76. The minimum absolute atomic E-state index is 0.0571. The quantitative estimate of drug-likeness (QED) is 0.318. The summed E-state index contributed by atoms with van der Waals surface area (Å²) in [6.45, 7) is 4.04. The lowest BCUT2D eigenvalue weighted by atomic mass is 9.97. The molecule has 6 heteroatoms. The van der Waals surface area contributed by atoms with Gasteiger partial charge < -0.3 is 21.2 Å². The summed E-state index contributed by atoms with van der Waals surface area (Å²) in [5, 5.41) is 15.2. The molecule has 1 aromatic heterocycles. The second-order valence-electron chi connectivity index (χ2n) is 5.37. The Morgan fingerprint density at radius 1 is 1.55 bits per heavy atom. The van der Waals surface area contributed by atoms with Crippen LogP contribution >= 0.6 is 0 Å². The first-order valence-corrected chi connectivity index (χ1v) is 7.01. The third-order valence-corrected chi connectivity index (χ3v) is 3.83. The van der Waals surface area contributed by atoms with E-state index >= 15 is 0 Å². The molecule has 2 heterocycles. The molecule has 0 aliphatic carbocycles. The highest BCUT2D eigenvalue weighted by atomic mass is 16.4. The number of oxime groups is 1. The first-order valence-electron chi connectivity index (χ1n) is 7.01. The second-order valence-corrected chi connectivity index (χ2v) is 5.37. The van der Waals surface area contributed by atoms with E-state index in [0.717, 1.165) is 18.0 Å². The number of likely N-dealkylation sites (tertiary alicyclic amines) is 1. The molecule has 0 unspecified atom stereocenters. The average Bonchev–Trinajstić information content (AvgIpc) is 2.49. The standard InChI is InChI=1S/C14H23N5O/c1-19-7-4-11(5-8-19)9-16-10-12-3-2-6-17-13(12)14(15)18-20/h2-3,6,11,16,20H,4-5,7-10H2,1H3,(H2,15,18). The van der Waals surface area contributed by atoms with Crippen LogP contribution in [-0.4, -0.2) is 47.6 Å². The van der Waals surface area contributed by atoms with Gasteiger partial charge in [-0.15, -0.1) is 0 Å². The van der Waals surface area contributed by atoms with Crippen LogP contribution in [0.2, 0.25) is 0 Å². The second kappa shape index (κ2) is 7.21. The van der Waals surface area contributed by atoms with Crippen molar-refractivity contribution in [1.29, 1.82) is 0 Å². The topological polar surface area (TPSA) is 86.8 Å². The lowest BCUT2D eigenvalue weighted by molar-refractivity contribution is 0.216. The molecule has 110 valence electrons. The van der Waals surface area contributed by atoms with E-state index in [0.29, 0.717) is 12.2 Å². The maximum atomic E-state index is 8.76. The number of hydrogen-bond acceptors (Lipinski definition) is 5. The van der Waals surface area contributed by atoms with Crippen LogP contribution in [0.25, 0.3) is 0 Å². The number of aromatic nitrogens is 1. The van der Waals surface area contributed by atoms with Gasteiger partial charge in [0, 0.05) is 12.7 Å². The summed E-state index contributed by atoms with van der Waals surface area (Å²) >= 11 is 0. The average molecular weight is 277 g/mol. The van der Waals surface area contributed by atoms with E-state index in [1.807, 2.05) is 12.1 Å². The smallest absolute Gasteiger partial charge is 0.189 e. The molecular weight excluding hydrogens is 254 g/mol. The van der Waals surface area contributed by atoms with Crippen LogP contribution in [0.15, 0.2) is 23.5 Å². The van der Waals surface area contributed by atoms with E-state index in [1.165, 1.54) is 25.9 Å². The summed E-state index contributed by atoms with van der Waals surface area (Å²) in [5.74, 6) is 0.789. The fourth-order valence-corrected chi connectivity index (χ4v) is 2.54. The molecular formula is C14H23N5O. The third kappa shape index (κ3) is 3.91. The minimum atomic E-state index is 0.0571. The maximum Gasteiger partial charge on any atom is 0.189 e. The molecule has 20 heavy (non-hydrogen) atoms. The fourth-order valence-electron chi connectivity index (χ4n) is 2.54. The number of hydrogen-bond donors (Lipinski definition) is 3. The molecule has 1 saturated heterocycles. The third-order valence-electron chi connectivity index (χ3n) is 3.83. The van der Waals surface area contributed by atoms with Crippen LogP contribution in [0.5, 0.6) is 0 Å². The number of nitrogens with two attached hydrogens (primary N) is 1. The SMILES string of the molecule is CN1CCC(CNCc2cccnc2C(N)=NO)CC1. The largest absolute Gasteiger partial charge is 0.409 e. The van der Waals surface area contributed by atoms with Crippen LogP contribution in [0, 0.1) is 5.92 Å². The summed E-state index contributed by atoms with van der Waals surface area (Å²) in [6.07, 6.45) is 4.13. The van der Waals surface area contributed by atoms with Gasteiger partial charge in [-0.1, -0.05) is 11.2 Å². The Balaban J connectivity index is 1.85. The van der Waals surface area contributed by atoms with Crippen molar-refractivity contribution in [2.75, 3.05) is 26.7 Å². The molecule has 0 saturated carbocycles. The Kier molecular flexibility index (Phi) is 5.31. The Morgan fingerprint density at radius 3 is 3.00 bits per heavy atom. The predicted octanol–water partition coefficient (Wildman–Crippen LogP) is 0.608. The molecule has 0 atom stereocenters. The van der Waals surface area contributed by atoms with E-state index in [9.17, 15) is 0 Å². The van der Waals surface area contributed by atoms with E-state index in [1.54, 1.807) is 6.20 Å². The lowest BCUT2D eigenvalue weighted by Crippen LogP contribution is -2.35. The highest BCUT2D eigenvalue weighted by Gasteiger charge is 2.16. The molecule has 0 aromatic carbocycles. The minimum Gasteiger partial charge on any atom is -0.409 e. The molecule has 2 rings (SSSR count). The molecule has 1 aromatic rings. The molecule has 1 aliphatic rings. The number of amidine groups is 1. The summed E-state index contributed by atoms with van der Waals surface area (Å²) in [7, 11) is 2.17. The summed E-state index contributed by atoms with van der Waals surface area (Å²) in [4.78, 5) is 6.53. The van der Waals surface area contributed by atoms with E-state index in [4.69, 9.17) is 10.9 Å². The number of nitrogens with zero attached hydrogens (tertiary/aromatic N) is 3. The van der Waals surface area contributed by atoms with Crippen LogP contribution < -0.4 is 11.1 Å². The lowest BCUT2D eigenvalue weighted by Gasteiger charge is -2.29. The van der Waals surface area contributed by atoms with E-state index < -0.39 is 0 Å². The zero-order valence-electron chi connectivity index (χ0n) is 11.9. The highest BCUT2D eigenvalue weighted by molar-refractivity contribution is 5.96. The first kappa shape index (κ1) is 14.7. The molecule has 1 fully saturated rings. The Morgan fingerprint density at radius 2 is 2.30 bits per heavy atom. The number of piperidine rings is 1. The molecule has 6 nitrogen and oxygen atoms in total. The van der Waals surface area contributed by atoms with Crippen molar-refractivity contribution in [1.82, 2.24) is 15.2 Å². The van der Waals surface area contributed by atoms with Crippen molar-refractivity contribution >= 4 is 5.84 Å². The summed E-state index contributed by atoms with van der Waals surface area (Å²) in [5.41, 5.74) is 7.13. The van der Waals surface area contributed by atoms with E-state index in [-0.39, 0.29) is 5.84 Å². The van der Waals surface area contributed by atoms with Crippen LogP contribution in [0.1, 0.15) is 24.1 Å². The van der Waals surface area contributed by atoms with Crippen molar-refractivity contribution in [3.8, 4) is 0 Å². The van der Waals surface area contributed by atoms with Crippen LogP contribution in [-0.2, 0) is 6.54 Å². The van der Waals surface area contributed by atoms with Gasteiger partial charge in [0.1, 0.15) is 5.69 Å². The van der Waals surface area contributed by atoms with Gasteiger partial charge in [0.2, 0.25) is 0 Å². The molecule has 0 spiro atoms. The highest BCUT2D eigenvalue weighted by Crippen LogP contribution is 2.15. The number of nitrogens with one attached hydrogen (secondary N) is 1. The molecule has 0 bridgehead atoms. The van der Waals surface area contributed by atoms with Gasteiger partial charge in [0.05, 0.1) is 0 Å². The summed E-state index contributed by atoms with van der Waals surface area (Å²) in [6, 6.07) is 3.81. The van der Waals surface area contributed by atoms with Crippen molar-refractivity contribution in [2.45, 2.75) is 19.4 Å². The van der Waals surface area contributed by atoms with Gasteiger partial charge >= 0.3 is 0 Å². The number of rotatable bonds is 5. The van der Waals surface area contributed by atoms with Crippen molar-refractivity contribution in [2.24, 2.45) is 16.8 Å². The molecule has 1 aliphatic heterocycles. The van der Waals surface area contributed by atoms with E-state index in [2.05, 4.69) is 27.4 Å². The van der Waals surface area contributed by atoms with Crippen molar-refractivity contribution < 1.29 is 5.21 Å². The zero-order valence-corrected chi connectivity index (χ0v) is 11.9. The van der Waals surface area contributed by atoms with Gasteiger partial charge in [-0.05, 0) is 57.1 Å². The zero-order chi connectivity index (χ0) is 14.4. The van der Waals surface area contributed by atoms with Gasteiger partial charge in [-0.25, -0.2) is 0 Å². The Bertz CT molecular complexity index is 455. The van der Waals surface area contributed by atoms with Crippen LogP contribution in [0.3, 0.4) is 0 Å². The van der Waals surface area contributed by atoms with Crippen molar-refractivity contribution in [3.63, 3.8) is 0 Å². The van der Waals surface area contributed by atoms with Gasteiger partial charge in [0.15, 0.2) is 5.84 Å². The van der Waals surface area contributed by atoms with Crippen LogP contribution in [0.4, 0.5) is 0 Å². The molecule has 0 radical (unpaired) electrons. The Labute approximate surface area is 119 Å². The molecule has 4 N–H and O–H groups in total. The normalized spacial score (nSPS) is 18.4. The predicted molar refractivity (Wildman–Crippen MR) is 78.7 cm³/mol. The number of pyridine rings is 1. The van der Waals surface area contributed by atoms with Gasteiger partial charge in [0.25, 0.3) is 0 Å².